The predicted octanol–water partition coefficient (Wildman–Crippen LogP) is 4.14. The monoisotopic (exact) mass is 241 g/mol. The van der Waals surface area contributed by atoms with E-state index in [1.54, 1.807) is 6.07 Å². The molecule has 1 aliphatic carbocycles. The summed E-state index contributed by atoms with van der Waals surface area (Å²) < 4.78 is 13.6. The molecule has 88 valence electrons. The highest BCUT2D eigenvalue weighted by atomic mass is 35.5. The van der Waals surface area contributed by atoms with E-state index in [0.29, 0.717) is 11.8 Å². The highest BCUT2D eigenvalue weighted by Gasteiger charge is 2.26. The number of benzene rings is 1. The van der Waals surface area contributed by atoms with Gasteiger partial charge in [0.2, 0.25) is 0 Å². The molecule has 0 heterocycles. The number of nitrogens with two attached hydrogens (primary N) is 1. The molecule has 0 aliphatic heterocycles. The number of anilines is 1. The van der Waals surface area contributed by atoms with Gasteiger partial charge >= 0.3 is 0 Å². The van der Waals surface area contributed by atoms with Gasteiger partial charge in [0.15, 0.2) is 5.82 Å². The Balaban J connectivity index is 2.57. The van der Waals surface area contributed by atoms with Gasteiger partial charge in [0, 0.05) is 0 Å². The minimum absolute atomic E-state index is 0.177. The van der Waals surface area contributed by atoms with Gasteiger partial charge in [0.25, 0.3) is 0 Å². The van der Waals surface area contributed by atoms with Crippen molar-refractivity contribution in [2.75, 3.05) is 5.73 Å². The molecule has 0 bridgehead atoms. The quantitative estimate of drug-likeness (QED) is 0.735. The van der Waals surface area contributed by atoms with Crippen LogP contribution in [0.15, 0.2) is 6.07 Å². The zero-order valence-corrected chi connectivity index (χ0v) is 10.4. The fourth-order valence-electron chi connectivity index (χ4n) is 2.64. The molecule has 3 heteroatoms. The third-order valence-electron chi connectivity index (χ3n) is 3.52. The Labute approximate surface area is 101 Å². The number of halogens is 2. The second kappa shape index (κ2) is 4.25. The van der Waals surface area contributed by atoms with Gasteiger partial charge in [-0.3, -0.25) is 0 Å². The Morgan fingerprint density at radius 3 is 2.81 bits per heavy atom. The first-order chi connectivity index (χ1) is 7.52. The molecule has 16 heavy (non-hydrogen) atoms. The van der Waals surface area contributed by atoms with Crippen LogP contribution in [-0.2, 0) is 6.42 Å². The molecule has 2 rings (SSSR count). The minimum Gasteiger partial charge on any atom is -0.396 e. The second-order valence-electron chi connectivity index (χ2n) is 4.90. The summed E-state index contributed by atoms with van der Waals surface area (Å²) in [5.41, 5.74) is 7.95. The van der Waals surface area contributed by atoms with Crippen molar-refractivity contribution in [1.82, 2.24) is 0 Å². The highest BCUT2D eigenvalue weighted by molar-refractivity contribution is 6.32. The zero-order chi connectivity index (χ0) is 11.9. The Kier molecular flexibility index (Phi) is 3.11. The molecule has 1 nitrogen and oxygen atoms in total. The van der Waals surface area contributed by atoms with Crippen molar-refractivity contribution in [3.63, 3.8) is 0 Å². The molecule has 0 saturated carbocycles. The predicted molar refractivity (Wildman–Crippen MR) is 66.3 cm³/mol. The molecular weight excluding hydrogens is 225 g/mol. The first-order valence-corrected chi connectivity index (χ1v) is 6.16. The summed E-state index contributed by atoms with van der Waals surface area (Å²) in [4.78, 5) is 0. The molecule has 2 N–H and O–H groups in total. The van der Waals surface area contributed by atoms with Crippen LogP contribution < -0.4 is 5.73 Å². The zero-order valence-electron chi connectivity index (χ0n) is 9.69. The van der Waals surface area contributed by atoms with Crippen LogP contribution in [0.4, 0.5) is 10.1 Å². The van der Waals surface area contributed by atoms with Gasteiger partial charge in [-0.05, 0) is 48.3 Å². The molecule has 0 radical (unpaired) electrons. The normalized spacial score (nSPS) is 19.9. The summed E-state index contributed by atoms with van der Waals surface area (Å²) in [6.45, 7) is 4.38. The summed E-state index contributed by atoms with van der Waals surface area (Å²) in [6.07, 6.45) is 3.10. The van der Waals surface area contributed by atoms with Crippen LogP contribution in [0, 0.1) is 11.7 Å². The first kappa shape index (κ1) is 11.7. The van der Waals surface area contributed by atoms with Crippen molar-refractivity contribution in [2.45, 2.75) is 39.0 Å². The number of hydrogen-bond acceptors (Lipinski definition) is 1. The van der Waals surface area contributed by atoms with E-state index in [-0.39, 0.29) is 10.7 Å². The highest BCUT2D eigenvalue weighted by Crippen LogP contribution is 2.41. The van der Waals surface area contributed by atoms with Gasteiger partial charge in [0.05, 0.1) is 10.7 Å². The molecule has 0 fully saturated rings. The summed E-state index contributed by atoms with van der Waals surface area (Å²) in [5.74, 6) is 0.550. The van der Waals surface area contributed by atoms with E-state index in [4.69, 9.17) is 17.3 Å². The lowest BCUT2D eigenvalue weighted by Crippen LogP contribution is -2.16. The molecule has 1 unspecified atom stereocenters. The molecule has 0 spiro atoms. The maximum Gasteiger partial charge on any atom is 0.164 e. The lowest BCUT2D eigenvalue weighted by molar-refractivity contribution is 0.432. The molecule has 1 aromatic rings. The average molecular weight is 242 g/mol. The van der Waals surface area contributed by atoms with Crippen LogP contribution in [0.25, 0.3) is 0 Å². The van der Waals surface area contributed by atoms with E-state index in [1.165, 1.54) is 0 Å². The van der Waals surface area contributed by atoms with Gasteiger partial charge in [-0.25, -0.2) is 4.39 Å². The van der Waals surface area contributed by atoms with Crippen LogP contribution >= 0.6 is 11.6 Å². The van der Waals surface area contributed by atoms with E-state index < -0.39 is 5.82 Å². The molecule has 1 aromatic carbocycles. The smallest absolute Gasteiger partial charge is 0.164 e. The van der Waals surface area contributed by atoms with E-state index in [2.05, 4.69) is 13.8 Å². The lowest BCUT2D eigenvalue weighted by Gasteiger charge is -2.29. The average Bonchev–Trinajstić information content (AvgIpc) is 2.25. The van der Waals surface area contributed by atoms with Crippen molar-refractivity contribution < 1.29 is 4.39 Å². The van der Waals surface area contributed by atoms with Crippen molar-refractivity contribution >= 4 is 17.3 Å². The van der Waals surface area contributed by atoms with Crippen molar-refractivity contribution in [3.8, 4) is 0 Å². The summed E-state index contributed by atoms with van der Waals surface area (Å²) >= 11 is 6.03. The molecular formula is C13H17ClFN. The Morgan fingerprint density at radius 2 is 2.19 bits per heavy atom. The second-order valence-corrected chi connectivity index (χ2v) is 5.28. The third-order valence-corrected chi connectivity index (χ3v) is 3.91. The fraction of sp³-hybridized carbons (Fsp3) is 0.538. The molecule has 0 aromatic heterocycles. The van der Waals surface area contributed by atoms with Crippen molar-refractivity contribution in [2.24, 2.45) is 5.92 Å². The van der Waals surface area contributed by atoms with Gasteiger partial charge in [-0.1, -0.05) is 25.4 Å². The van der Waals surface area contributed by atoms with Crippen LogP contribution in [0.3, 0.4) is 0 Å². The van der Waals surface area contributed by atoms with Crippen molar-refractivity contribution in [1.29, 1.82) is 0 Å². The minimum atomic E-state index is -0.454. The van der Waals surface area contributed by atoms with Crippen LogP contribution in [-0.4, -0.2) is 0 Å². The standard InChI is InChI=1S/C13H17ClFN/c1-7(2)8-4-3-5-9-10(8)6-11(16)13(15)12(9)14/h6-8H,3-5,16H2,1-2H3. The lowest BCUT2D eigenvalue weighted by atomic mass is 9.77. The summed E-state index contributed by atoms with van der Waals surface area (Å²) in [6, 6.07) is 1.78. The summed E-state index contributed by atoms with van der Waals surface area (Å²) in [5, 5.41) is 0.236. The van der Waals surface area contributed by atoms with E-state index in [9.17, 15) is 4.39 Å². The molecule has 0 amide bonds. The number of nitrogen functional groups attached to an aromatic ring is 1. The third kappa shape index (κ3) is 1.80. The maximum absolute atomic E-state index is 13.6. The van der Waals surface area contributed by atoms with E-state index in [0.717, 1.165) is 30.4 Å². The van der Waals surface area contributed by atoms with Gasteiger partial charge < -0.3 is 5.73 Å². The van der Waals surface area contributed by atoms with E-state index >= 15 is 0 Å². The van der Waals surface area contributed by atoms with Gasteiger partial charge in [-0.15, -0.1) is 0 Å². The largest absolute Gasteiger partial charge is 0.396 e. The van der Waals surface area contributed by atoms with E-state index in [1.807, 2.05) is 0 Å². The number of fused-ring (bicyclic) bond motifs is 1. The molecule has 1 aliphatic rings. The maximum atomic E-state index is 13.6. The number of hydrogen-bond donors (Lipinski definition) is 1. The van der Waals surface area contributed by atoms with Crippen LogP contribution in [0.2, 0.25) is 5.02 Å². The van der Waals surface area contributed by atoms with Crippen LogP contribution in [0.1, 0.15) is 43.7 Å². The SMILES string of the molecule is CC(C)C1CCCc2c1cc(N)c(F)c2Cl. The van der Waals surface area contributed by atoms with Crippen LogP contribution in [0.5, 0.6) is 0 Å². The first-order valence-electron chi connectivity index (χ1n) is 5.78. The number of rotatable bonds is 1. The topological polar surface area (TPSA) is 26.0 Å². The fourth-order valence-corrected chi connectivity index (χ4v) is 2.95. The Morgan fingerprint density at radius 1 is 1.50 bits per heavy atom. The Hall–Kier alpha value is -0.760. The Bertz CT molecular complexity index is 415. The molecule has 1 atom stereocenters. The summed E-state index contributed by atoms with van der Waals surface area (Å²) in [7, 11) is 0. The van der Waals surface area contributed by atoms with Gasteiger partial charge in [-0.2, -0.15) is 0 Å². The van der Waals surface area contributed by atoms with Crippen molar-refractivity contribution in [3.05, 3.63) is 28.0 Å². The van der Waals surface area contributed by atoms with Gasteiger partial charge in [0.1, 0.15) is 0 Å². The molecule has 0 saturated heterocycles.